The summed E-state index contributed by atoms with van der Waals surface area (Å²) in [5.41, 5.74) is -1.07. The van der Waals surface area contributed by atoms with E-state index in [2.05, 4.69) is 5.32 Å². The molecule has 0 aromatic heterocycles. The average molecular weight is 297 g/mol. The quantitative estimate of drug-likeness (QED) is 0.895. The van der Waals surface area contributed by atoms with Gasteiger partial charge in [0.1, 0.15) is 11.6 Å². The Morgan fingerprint density at radius 1 is 1.10 bits per heavy atom. The molecule has 0 atom stereocenters. The van der Waals surface area contributed by atoms with Gasteiger partial charge in [-0.05, 0) is 25.0 Å². The zero-order valence-electron chi connectivity index (χ0n) is 11.5. The van der Waals surface area contributed by atoms with E-state index in [1.165, 1.54) is 0 Å². The van der Waals surface area contributed by atoms with Crippen LogP contribution in [0.4, 0.5) is 14.5 Å². The van der Waals surface area contributed by atoms with Crippen molar-refractivity contribution in [2.75, 3.05) is 5.32 Å². The second kappa shape index (κ2) is 6.20. The topological polar surface area (TPSA) is 66.4 Å². The summed E-state index contributed by atoms with van der Waals surface area (Å²) in [6.07, 6.45) is 3.23. The molecular formula is C15H17F2NO3. The second-order valence-electron chi connectivity index (χ2n) is 5.53. The van der Waals surface area contributed by atoms with Gasteiger partial charge in [-0.1, -0.05) is 19.3 Å². The summed E-state index contributed by atoms with van der Waals surface area (Å²) in [6, 6.07) is 2.69. The fourth-order valence-corrected chi connectivity index (χ4v) is 2.83. The number of aliphatic carboxylic acids is 1. The van der Waals surface area contributed by atoms with Crippen LogP contribution in [0.1, 0.15) is 38.5 Å². The molecule has 0 aliphatic heterocycles. The average Bonchev–Trinajstić information content (AvgIpc) is 2.37. The lowest BCUT2D eigenvalue weighted by molar-refractivity contribution is -0.153. The number of anilines is 1. The van der Waals surface area contributed by atoms with Gasteiger partial charge in [-0.15, -0.1) is 0 Å². The summed E-state index contributed by atoms with van der Waals surface area (Å²) in [4.78, 5) is 23.5. The fourth-order valence-electron chi connectivity index (χ4n) is 2.83. The third-order valence-corrected chi connectivity index (χ3v) is 3.91. The molecule has 1 saturated carbocycles. The number of amides is 1. The minimum atomic E-state index is -1.06. The zero-order valence-corrected chi connectivity index (χ0v) is 11.5. The van der Waals surface area contributed by atoms with Crippen molar-refractivity contribution in [3.05, 3.63) is 29.8 Å². The van der Waals surface area contributed by atoms with Crippen molar-refractivity contribution < 1.29 is 23.5 Å². The SMILES string of the molecule is O=C(CC1(C(=O)O)CCCCC1)Nc1cc(F)cc(F)c1. The minimum Gasteiger partial charge on any atom is -0.481 e. The molecular weight excluding hydrogens is 280 g/mol. The molecule has 0 bridgehead atoms. The van der Waals surface area contributed by atoms with Gasteiger partial charge in [0.25, 0.3) is 0 Å². The van der Waals surface area contributed by atoms with Crippen molar-refractivity contribution in [1.82, 2.24) is 0 Å². The second-order valence-corrected chi connectivity index (χ2v) is 5.53. The molecule has 1 aromatic rings. The predicted octanol–water partition coefficient (Wildman–Crippen LogP) is 3.33. The maximum atomic E-state index is 13.1. The van der Waals surface area contributed by atoms with Crippen LogP contribution in [0, 0.1) is 17.0 Å². The van der Waals surface area contributed by atoms with Gasteiger partial charge in [0.05, 0.1) is 5.41 Å². The van der Waals surface area contributed by atoms with Gasteiger partial charge in [0.15, 0.2) is 0 Å². The number of rotatable bonds is 4. The highest BCUT2D eigenvalue weighted by Gasteiger charge is 2.41. The van der Waals surface area contributed by atoms with Crippen LogP contribution in [0.2, 0.25) is 0 Å². The number of hydrogen-bond donors (Lipinski definition) is 2. The number of nitrogens with one attached hydrogen (secondary N) is 1. The first-order chi connectivity index (χ1) is 9.91. The van der Waals surface area contributed by atoms with E-state index in [1.807, 2.05) is 0 Å². The summed E-state index contributed by atoms with van der Waals surface area (Å²) in [7, 11) is 0. The Morgan fingerprint density at radius 3 is 2.19 bits per heavy atom. The van der Waals surface area contributed by atoms with Gasteiger partial charge < -0.3 is 10.4 Å². The van der Waals surface area contributed by atoms with Crippen molar-refractivity contribution in [2.24, 2.45) is 5.41 Å². The van der Waals surface area contributed by atoms with Crippen LogP contribution in [0.15, 0.2) is 18.2 Å². The number of benzene rings is 1. The molecule has 0 spiro atoms. The largest absolute Gasteiger partial charge is 0.481 e. The summed E-state index contributed by atoms with van der Waals surface area (Å²) in [5, 5.41) is 11.8. The van der Waals surface area contributed by atoms with E-state index >= 15 is 0 Å². The molecule has 1 amide bonds. The Bertz CT molecular complexity index is 534. The highest BCUT2D eigenvalue weighted by Crippen LogP contribution is 2.39. The lowest BCUT2D eigenvalue weighted by Gasteiger charge is -2.32. The van der Waals surface area contributed by atoms with Crippen molar-refractivity contribution in [3.8, 4) is 0 Å². The third-order valence-electron chi connectivity index (χ3n) is 3.91. The molecule has 1 fully saturated rings. The predicted molar refractivity (Wildman–Crippen MR) is 72.8 cm³/mol. The summed E-state index contributed by atoms with van der Waals surface area (Å²) in [5.74, 6) is -3.11. The van der Waals surface area contributed by atoms with Gasteiger partial charge in [-0.2, -0.15) is 0 Å². The van der Waals surface area contributed by atoms with Crippen LogP contribution in [-0.2, 0) is 9.59 Å². The fraction of sp³-hybridized carbons (Fsp3) is 0.467. The molecule has 6 heteroatoms. The molecule has 1 aromatic carbocycles. The molecule has 2 rings (SSSR count). The Hall–Kier alpha value is -1.98. The van der Waals surface area contributed by atoms with Crippen LogP contribution >= 0.6 is 0 Å². The number of hydrogen-bond acceptors (Lipinski definition) is 2. The standard InChI is InChI=1S/C15H17F2NO3/c16-10-6-11(17)8-12(7-10)18-13(19)9-15(14(20)21)4-2-1-3-5-15/h6-8H,1-5,9H2,(H,18,19)(H,20,21). The normalized spacial score (nSPS) is 17.2. The van der Waals surface area contributed by atoms with Gasteiger partial charge in [-0.3, -0.25) is 9.59 Å². The zero-order chi connectivity index (χ0) is 15.5. The highest BCUT2D eigenvalue weighted by atomic mass is 19.1. The number of carbonyl (C=O) groups is 2. The lowest BCUT2D eigenvalue weighted by Crippen LogP contribution is -2.37. The van der Waals surface area contributed by atoms with E-state index in [0.717, 1.165) is 31.4 Å². The lowest BCUT2D eigenvalue weighted by atomic mass is 9.71. The van der Waals surface area contributed by atoms with E-state index in [-0.39, 0.29) is 12.1 Å². The van der Waals surface area contributed by atoms with Gasteiger partial charge in [0, 0.05) is 18.2 Å². The van der Waals surface area contributed by atoms with Crippen molar-refractivity contribution in [2.45, 2.75) is 38.5 Å². The number of halogens is 2. The molecule has 114 valence electrons. The van der Waals surface area contributed by atoms with Gasteiger partial charge in [0.2, 0.25) is 5.91 Å². The van der Waals surface area contributed by atoms with Crippen LogP contribution in [0.5, 0.6) is 0 Å². The molecule has 0 unspecified atom stereocenters. The van der Waals surface area contributed by atoms with Crippen molar-refractivity contribution in [1.29, 1.82) is 0 Å². The van der Waals surface area contributed by atoms with Crippen LogP contribution in [-0.4, -0.2) is 17.0 Å². The highest BCUT2D eigenvalue weighted by molar-refractivity contribution is 5.94. The minimum absolute atomic E-state index is 0.00570. The molecule has 0 saturated heterocycles. The maximum Gasteiger partial charge on any atom is 0.310 e. The summed E-state index contributed by atoms with van der Waals surface area (Å²) >= 11 is 0. The maximum absolute atomic E-state index is 13.1. The Kier molecular flexibility index (Phi) is 4.55. The Labute approximate surface area is 121 Å². The van der Waals surface area contributed by atoms with E-state index in [1.54, 1.807) is 0 Å². The van der Waals surface area contributed by atoms with Crippen LogP contribution in [0.3, 0.4) is 0 Å². The molecule has 1 aliphatic carbocycles. The molecule has 21 heavy (non-hydrogen) atoms. The Balaban J connectivity index is 2.07. The Morgan fingerprint density at radius 2 is 1.67 bits per heavy atom. The first kappa shape index (κ1) is 15.4. The van der Waals surface area contributed by atoms with E-state index in [9.17, 15) is 23.5 Å². The van der Waals surface area contributed by atoms with Gasteiger partial charge >= 0.3 is 5.97 Å². The van der Waals surface area contributed by atoms with E-state index in [4.69, 9.17) is 0 Å². The van der Waals surface area contributed by atoms with Crippen LogP contribution in [0.25, 0.3) is 0 Å². The smallest absolute Gasteiger partial charge is 0.310 e. The van der Waals surface area contributed by atoms with Crippen molar-refractivity contribution in [3.63, 3.8) is 0 Å². The summed E-state index contributed by atoms with van der Waals surface area (Å²) < 4.78 is 26.1. The van der Waals surface area contributed by atoms with E-state index < -0.39 is 28.9 Å². The molecule has 2 N–H and O–H groups in total. The molecule has 0 radical (unpaired) electrons. The first-order valence-electron chi connectivity index (χ1n) is 6.91. The number of carboxylic acid groups (broad SMARTS) is 1. The first-order valence-corrected chi connectivity index (χ1v) is 6.91. The number of carbonyl (C=O) groups excluding carboxylic acids is 1. The van der Waals surface area contributed by atoms with Crippen molar-refractivity contribution >= 4 is 17.6 Å². The van der Waals surface area contributed by atoms with Gasteiger partial charge in [-0.25, -0.2) is 8.78 Å². The molecule has 1 aliphatic rings. The van der Waals surface area contributed by atoms with Crippen LogP contribution < -0.4 is 5.32 Å². The summed E-state index contributed by atoms with van der Waals surface area (Å²) in [6.45, 7) is 0. The third kappa shape index (κ3) is 3.77. The molecule has 4 nitrogen and oxygen atoms in total. The monoisotopic (exact) mass is 297 g/mol. The van der Waals surface area contributed by atoms with E-state index in [0.29, 0.717) is 18.9 Å². The molecule has 0 heterocycles. The number of carboxylic acids is 1.